The Morgan fingerprint density at radius 2 is 2.04 bits per heavy atom. The number of aromatic carboxylic acids is 1. The van der Waals surface area contributed by atoms with Gasteiger partial charge in [0.1, 0.15) is 11.4 Å². The number of pyridine rings is 1. The predicted octanol–water partition coefficient (Wildman–Crippen LogP) is 3.05. The quantitative estimate of drug-likeness (QED) is 0.915. The average molecular weight is 325 g/mol. The lowest BCUT2D eigenvalue weighted by atomic mass is 10.1. The minimum absolute atomic E-state index is 0.265. The zero-order valence-electron chi connectivity index (χ0n) is 14.1. The molecule has 1 saturated heterocycles. The molecule has 1 N–H and O–H groups in total. The van der Waals surface area contributed by atoms with Crippen molar-refractivity contribution < 1.29 is 9.90 Å². The molecule has 1 fully saturated rings. The fourth-order valence-electron chi connectivity index (χ4n) is 3.33. The largest absolute Gasteiger partial charge is 0.478 e. The molecule has 3 rings (SSSR count). The molecule has 24 heavy (non-hydrogen) atoms. The van der Waals surface area contributed by atoms with Crippen molar-refractivity contribution in [2.24, 2.45) is 5.92 Å². The average Bonchev–Trinajstić information content (AvgIpc) is 3.03. The van der Waals surface area contributed by atoms with Crippen molar-refractivity contribution in [1.29, 1.82) is 0 Å². The van der Waals surface area contributed by atoms with Crippen LogP contribution in [-0.2, 0) is 0 Å². The third-order valence-electron chi connectivity index (χ3n) is 4.55. The standard InChI is InChI=1S/C19H23N3O2/c1-14-8-9-17(19(23)24)18(20-14)21(2)12-15-10-11-22(13-15)16-6-4-3-5-7-16/h3-9,15H,10-13H2,1-2H3,(H,23,24)/t15-/m1/s1. The highest BCUT2D eigenvalue weighted by Crippen LogP contribution is 2.26. The van der Waals surface area contributed by atoms with Gasteiger partial charge < -0.3 is 14.9 Å². The topological polar surface area (TPSA) is 56.7 Å². The van der Waals surface area contributed by atoms with Gasteiger partial charge >= 0.3 is 5.97 Å². The molecule has 0 spiro atoms. The molecule has 0 radical (unpaired) electrons. The summed E-state index contributed by atoms with van der Waals surface area (Å²) in [5.74, 6) is 0.126. The zero-order valence-corrected chi connectivity index (χ0v) is 14.1. The first-order chi connectivity index (χ1) is 11.5. The van der Waals surface area contributed by atoms with Crippen molar-refractivity contribution in [3.63, 3.8) is 0 Å². The highest BCUT2D eigenvalue weighted by atomic mass is 16.4. The fourth-order valence-corrected chi connectivity index (χ4v) is 3.33. The molecule has 2 heterocycles. The van der Waals surface area contributed by atoms with E-state index in [-0.39, 0.29) is 5.56 Å². The summed E-state index contributed by atoms with van der Waals surface area (Å²) in [4.78, 5) is 20.3. The molecule has 0 saturated carbocycles. The second kappa shape index (κ2) is 6.91. The van der Waals surface area contributed by atoms with Crippen molar-refractivity contribution in [1.82, 2.24) is 4.98 Å². The molecule has 1 aliphatic rings. The van der Waals surface area contributed by atoms with Gasteiger partial charge in [-0.3, -0.25) is 0 Å². The van der Waals surface area contributed by atoms with Crippen molar-refractivity contribution in [3.05, 3.63) is 53.7 Å². The second-order valence-corrected chi connectivity index (χ2v) is 6.45. The minimum Gasteiger partial charge on any atom is -0.478 e. The summed E-state index contributed by atoms with van der Waals surface area (Å²) in [5.41, 5.74) is 2.35. The molecular weight excluding hydrogens is 302 g/mol. The lowest BCUT2D eigenvalue weighted by Crippen LogP contribution is -2.30. The molecule has 0 amide bonds. The third-order valence-corrected chi connectivity index (χ3v) is 4.55. The summed E-state index contributed by atoms with van der Waals surface area (Å²) in [5, 5.41) is 9.38. The lowest BCUT2D eigenvalue weighted by Gasteiger charge is -2.24. The number of benzene rings is 1. The fraction of sp³-hybridized carbons (Fsp3) is 0.368. The predicted molar refractivity (Wildman–Crippen MR) is 96.0 cm³/mol. The van der Waals surface area contributed by atoms with Crippen LogP contribution in [0.15, 0.2) is 42.5 Å². The van der Waals surface area contributed by atoms with Gasteiger partial charge in [-0.05, 0) is 43.5 Å². The number of carboxylic acid groups (broad SMARTS) is 1. The minimum atomic E-state index is -0.929. The second-order valence-electron chi connectivity index (χ2n) is 6.45. The zero-order chi connectivity index (χ0) is 17.1. The molecule has 5 nitrogen and oxygen atoms in total. The number of aryl methyl sites for hydroxylation is 1. The van der Waals surface area contributed by atoms with Crippen LogP contribution in [0.25, 0.3) is 0 Å². The van der Waals surface area contributed by atoms with Gasteiger partial charge in [-0.15, -0.1) is 0 Å². The first-order valence-corrected chi connectivity index (χ1v) is 8.26. The van der Waals surface area contributed by atoms with Gasteiger partial charge in [0.05, 0.1) is 0 Å². The Balaban J connectivity index is 1.69. The van der Waals surface area contributed by atoms with E-state index in [1.54, 1.807) is 12.1 Å². The van der Waals surface area contributed by atoms with E-state index in [4.69, 9.17) is 0 Å². The summed E-state index contributed by atoms with van der Waals surface area (Å²) in [6.07, 6.45) is 1.10. The Hall–Kier alpha value is -2.56. The van der Waals surface area contributed by atoms with Crippen molar-refractivity contribution in [2.75, 3.05) is 36.5 Å². The normalized spacial score (nSPS) is 17.1. The summed E-state index contributed by atoms with van der Waals surface area (Å²) in [6.45, 7) is 4.72. The van der Waals surface area contributed by atoms with Crippen LogP contribution in [0.2, 0.25) is 0 Å². The van der Waals surface area contributed by atoms with Crippen LogP contribution in [0.1, 0.15) is 22.5 Å². The summed E-state index contributed by atoms with van der Waals surface area (Å²) < 4.78 is 0. The lowest BCUT2D eigenvalue weighted by molar-refractivity contribution is 0.0697. The molecule has 1 atom stereocenters. The van der Waals surface area contributed by atoms with Gasteiger partial charge in [0.25, 0.3) is 0 Å². The maximum atomic E-state index is 11.4. The van der Waals surface area contributed by atoms with E-state index in [0.29, 0.717) is 11.7 Å². The first-order valence-electron chi connectivity index (χ1n) is 8.26. The van der Waals surface area contributed by atoms with Crippen LogP contribution in [0.3, 0.4) is 0 Å². The molecule has 126 valence electrons. The van der Waals surface area contributed by atoms with E-state index in [1.165, 1.54) is 5.69 Å². The van der Waals surface area contributed by atoms with Crippen LogP contribution >= 0.6 is 0 Å². The van der Waals surface area contributed by atoms with E-state index in [9.17, 15) is 9.90 Å². The SMILES string of the molecule is Cc1ccc(C(=O)O)c(N(C)C[C@H]2CCN(c3ccccc3)C2)n1. The van der Waals surface area contributed by atoms with Crippen LogP contribution in [0, 0.1) is 12.8 Å². The van der Waals surface area contributed by atoms with Crippen LogP contribution < -0.4 is 9.80 Å². The number of hydrogen-bond donors (Lipinski definition) is 1. The maximum Gasteiger partial charge on any atom is 0.339 e. The molecular formula is C19H23N3O2. The number of hydrogen-bond acceptors (Lipinski definition) is 4. The Bertz CT molecular complexity index is 718. The number of rotatable bonds is 5. The molecule has 5 heteroatoms. The highest BCUT2D eigenvalue weighted by Gasteiger charge is 2.25. The van der Waals surface area contributed by atoms with Crippen molar-refractivity contribution >= 4 is 17.5 Å². The van der Waals surface area contributed by atoms with E-state index in [0.717, 1.165) is 31.7 Å². The number of carboxylic acids is 1. The summed E-state index contributed by atoms with van der Waals surface area (Å²) in [6, 6.07) is 13.8. The number of para-hydroxylation sites is 1. The molecule has 0 bridgehead atoms. The molecule has 1 aliphatic heterocycles. The van der Waals surface area contributed by atoms with Gasteiger partial charge in [-0.2, -0.15) is 0 Å². The van der Waals surface area contributed by atoms with Crippen molar-refractivity contribution in [3.8, 4) is 0 Å². The Kier molecular flexibility index (Phi) is 4.69. The summed E-state index contributed by atoms with van der Waals surface area (Å²) >= 11 is 0. The van der Waals surface area contributed by atoms with E-state index in [2.05, 4.69) is 34.1 Å². The first kappa shape index (κ1) is 16.3. The molecule has 0 aliphatic carbocycles. The van der Waals surface area contributed by atoms with Gasteiger partial charge in [-0.25, -0.2) is 9.78 Å². The van der Waals surface area contributed by atoms with Gasteiger partial charge in [0.2, 0.25) is 0 Å². The van der Waals surface area contributed by atoms with Crippen LogP contribution in [0.5, 0.6) is 0 Å². The maximum absolute atomic E-state index is 11.4. The Morgan fingerprint density at radius 3 is 2.75 bits per heavy atom. The molecule has 2 aromatic rings. The van der Waals surface area contributed by atoms with E-state index in [1.807, 2.05) is 24.9 Å². The Morgan fingerprint density at radius 1 is 1.29 bits per heavy atom. The smallest absolute Gasteiger partial charge is 0.339 e. The third kappa shape index (κ3) is 3.50. The molecule has 0 unspecified atom stereocenters. The van der Waals surface area contributed by atoms with Gasteiger partial charge in [0, 0.05) is 38.1 Å². The summed E-state index contributed by atoms with van der Waals surface area (Å²) in [7, 11) is 1.93. The highest BCUT2D eigenvalue weighted by molar-refractivity contribution is 5.93. The van der Waals surface area contributed by atoms with Gasteiger partial charge in [0.15, 0.2) is 0 Å². The molecule has 1 aromatic carbocycles. The monoisotopic (exact) mass is 325 g/mol. The van der Waals surface area contributed by atoms with Gasteiger partial charge in [-0.1, -0.05) is 18.2 Å². The van der Waals surface area contributed by atoms with Crippen molar-refractivity contribution in [2.45, 2.75) is 13.3 Å². The number of nitrogens with zero attached hydrogens (tertiary/aromatic N) is 3. The number of carbonyl (C=O) groups is 1. The number of anilines is 2. The number of aromatic nitrogens is 1. The van der Waals surface area contributed by atoms with E-state index < -0.39 is 5.97 Å². The molecule has 1 aromatic heterocycles. The van der Waals surface area contributed by atoms with E-state index >= 15 is 0 Å². The Labute approximate surface area is 142 Å². The van der Waals surface area contributed by atoms with Crippen LogP contribution in [-0.4, -0.2) is 42.7 Å². The van der Waals surface area contributed by atoms with Crippen LogP contribution in [0.4, 0.5) is 11.5 Å².